The fraction of sp³-hybridized carbons (Fsp3) is 0.988. The molecule has 4 nitrogen and oxygen atoms in total. The number of carboxylic acid groups (broad SMARTS) is 1. The van der Waals surface area contributed by atoms with E-state index in [0.717, 1.165) is 43.9 Å². The van der Waals surface area contributed by atoms with Crippen LogP contribution in [0, 0.1) is 23.7 Å². The lowest BCUT2D eigenvalue weighted by Crippen LogP contribution is -2.28. The molecule has 0 unspecified atom stereocenters. The monoisotopic (exact) mass is 1240 g/mol. The Morgan fingerprint density at radius 2 is 0.443 bits per heavy atom. The number of hydrogen-bond donors (Lipinski definition) is 3. The summed E-state index contributed by atoms with van der Waals surface area (Å²) in [5, 5.41) is 31.3. The molecule has 0 spiro atoms. The largest absolute Gasteiger partial charge is 0.481 e. The molecule has 0 radical (unpaired) electrons. The molecule has 1 rings (SSSR count). The van der Waals surface area contributed by atoms with Gasteiger partial charge in [0.2, 0.25) is 0 Å². The van der Waals surface area contributed by atoms with Crippen LogP contribution < -0.4 is 0 Å². The molecule has 3 N–H and O–H groups in total. The minimum atomic E-state index is -0.799. The normalized spacial score (nSPS) is 15.6. The van der Waals surface area contributed by atoms with Crippen LogP contribution in [0.1, 0.15) is 496 Å². The highest BCUT2D eigenvalue weighted by atomic mass is 16.4. The number of aliphatic carboxylic acids is 1. The predicted molar refractivity (Wildman–Crippen MR) is 392 cm³/mol. The number of carboxylic acids is 1. The lowest BCUT2D eigenvalue weighted by molar-refractivity contribution is -0.146. The van der Waals surface area contributed by atoms with E-state index in [-0.39, 0.29) is 6.10 Å². The van der Waals surface area contributed by atoms with Crippen LogP contribution in [0.4, 0.5) is 0 Å². The molecular formula is C84H166O4. The van der Waals surface area contributed by atoms with Crippen LogP contribution in [0.3, 0.4) is 0 Å². The zero-order valence-corrected chi connectivity index (χ0v) is 61.0. The third kappa shape index (κ3) is 62.8. The molecule has 0 aromatic heterocycles. The topological polar surface area (TPSA) is 77.8 Å². The summed E-state index contributed by atoms with van der Waals surface area (Å²) in [7, 11) is 0. The Morgan fingerprint density at radius 3 is 0.670 bits per heavy atom. The van der Waals surface area contributed by atoms with Gasteiger partial charge in [-0.1, -0.05) is 464 Å². The van der Waals surface area contributed by atoms with E-state index in [0.29, 0.717) is 18.8 Å². The van der Waals surface area contributed by atoms with E-state index in [1.807, 2.05) is 0 Å². The van der Waals surface area contributed by atoms with Gasteiger partial charge in [0.15, 0.2) is 0 Å². The Labute approximate surface area is 555 Å². The average molecular weight is 1240 g/mol. The first-order valence-electron chi connectivity index (χ1n) is 42.0. The first kappa shape index (κ1) is 85.4. The Kier molecular flexibility index (Phi) is 68.6. The van der Waals surface area contributed by atoms with Gasteiger partial charge in [0.25, 0.3) is 0 Å². The van der Waals surface area contributed by atoms with E-state index in [1.54, 1.807) is 0 Å². The van der Waals surface area contributed by atoms with Crippen molar-refractivity contribution >= 4 is 5.97 Å². The quantitative estimate of drug-likeness (QED) is 0.0530. The lowest BCUT2D eigenvalue weighted by Gasteiger charge is -2.19. The van der Waals surface area contributed by atoms with Crippen molar-refractivity contribution in [3.63, 3.8) is 0 Å². The minimum absolute atomic E-state index is 0.0806. The van der Waals surface area contributed by atoms with Crippen LogP contribution in [0.2, 0.25) is 0 Å². The minimum Gasteiger partial charge on any atom is -0.481 e. The van der Waals surface area contributed by atoms with Gasteiger partial charge < -0.3 is 15.3 Å². The maximum absolute atomic E-state index is 12.0. The van der Waals surface area contributed by atoms with Gasteiger partial charge >= 0.3 is 5.97 Å². The van der Waals surface area contributed by atoms with E-state index < -0.39 is 18.0 Å². The van der Waals surface area contributed by atoms with E-state index in [2.05, 4.69) is 20.8 Å². The predicted octanol–water partition coefficient (Wildman–Crippen LogP) is 29.2. The summed E-state index contributed by atoms with van der Waals surface area (Å²) < 4.78 is 0. The maximum Gasteiger partial charge on any atom is 0.309 e. The van der Waals surface area contributed by atoms with Crippen LogP contribution in [0.5, 0.6) is 0 Å². The van der Waals surface area contributed by atoms with Gasteiger partial charge in [0.05, 0.1) is 18.1 Å². The first-order valence-corrected chi connectivity index (χ1v) is 42.0. The zero-order valence-electron chi connectivity index (χ0n) is 61.0. The Balaban J connectivity index is 1.75. The molecule has 0 bridgehead atoms. The van der Waals surface area contributed by atoms with Crippen molar-refractivity contribution in [3.05, 3.63) is 0 Å². The summed E-state index contributed by atoms with van der Waals surface area (Å²) in [6, 6.07) is 0. The van der Waals surface area contributed by atoms with Gasteiger partial charge in [-0.3, -0.25) is 4.79 Å². The molecule has 0 saturated heterocycles. The molecule has 1 fully saturated rings. The van der Waals surface area contributed by atoms with Crippen molar-refractivity contribution in [2.45, 2.75) is 508 Å². The van der Waals surface area contributed by atoms with Gasteiger partial charge in [-0.25, -0.2) is 0 Å². The first-order chi connectivity index (χ1) is 43.4. The number of aliphatic hydroxyl groups excluding tert-OH is 2. The van der Waals surface area contributed by atoms with E-state index in [4.69, 9.17) is 0 Å². The third-order valence-corrected chi connectivity index (χ3v) is 21.8. The second-order valence-electron chi connectivity index (χ2n) is 30.5. The summed E-state index contributed by atoms with van der Waals surface area (Å²) in [6.45, 7) is 6.89. The molecule has 6 atom stereocenters. The molecule has 1 saturated carbocycles. The molecule has 88 heavy (non-hydrogen) atoms. The van der Waals surface area contributed by atoms with Crippen LogP contribution >= 0.6 is 0 Å². The second-order valence-corrected chi connectivity index (χ2v) is 30.5. The van der Waals surface area contributed by atoms with Gasteiger partial charge in [-0.05, 0) is 49.9 Å². The van der Waals surface area contributed by atoms with Gasteiger partial charge in [-0.15, -0.1) is 0 Å². The maximum atomic E-state index is 12.0. The van der Waals surface area contributed by atoms with Crippen LogP contribution in [0.25, 0.3) is 0 Å². The van der Waals surface area contributed by atoms with Gasteiger partial charge in [0, 0.05) is 0 Å². The molecule has 526 valence electrons. The molecule has 0 aromatic carbocycles. The second kappa shape index (κ2) is 70.7. The molecule has 4 heteroatoms. The van der Waals surface area contributed by atoms with E-state index >= 15 is 0 Å². The van der Waals surface area contributed by atoms with E-state index in [1.165, 1.54) is 430 Å². The number of hydrogen-bond acceptors (Lipinski definition) is 3. The van der Waals surface area contributed by atoms with E-state index in [9.17, 15) is 20.1 Å². The highest BCUT2D eigenvalue weighted by molar-refractivity contribution is 5.70. The van der Waals surface area contributed by atoms with Crippen LogP contribution in [-0.2, 0) is 4.79 Å². The average Bonchev–Trinajstić information content (AvgIpc) is 4.30. The summed E-state index contributed by atoms with van der Waals surface area (Å²) in [5.41, 5.74) is 0. The number of carbonyl (C=O) groups is 1. The fourth-order valence-corrected chi connectivity index (χ4v) is 15.1. The van der Waals surface area contributed by atoms with Crippen molar-refractivity contribution < 1.29 is 20.1 Å². The molecule has 0 amide bonds. The lowest BCUT2D eigenvalue weighted by atomic mass is 9.91. The summed E-state index contributed by atoms with van der Waals surface area (Å²) in [6.07, 6.45) is 100. The van der Waals surface area contributed by atoms with Crippen molar-refractivity contribution in [1.29, 1.82) is 0 Å². The smallest absolute Gasteiger partial charge is 0.309 e. The van der Waals surface area contributed by atoms with Crippen molar-refractivity contribution in [1.82, 2.24) is 0 Å². The van der Waals surface area contributed by atoms with Crippen molar-refractivity contribution in [3.8, 4) is 0 Å². The van der Waals surface area contributed by atoms with Gasteiger partial charge in [-0.2, -0.15) is 0 Å². The molecule has 0 heterocycles. The van der Waals surface area contributed by atoms with Crippen molar-refractivity contribution in [2.24, 2.45) is 23.7 Å². The summed E-state index contributed by atoms with van der Waals surface area (Å²) in [5.74, 6) is 1.25. The number of aliphatic hydroxyl groups is 2. The molecular weight excluding hydrogens is 1070 g/mol. The Hall–Kier alpha value is -0.610. The highest BCUT2D eigenvalue weighted by Gasteiger charge is 2.35. The Morgan fingerprint density at radius 1 is 0.261 bits per heavy atom. The highest BCUT2D eigenvalue weighted by Crippen LogP contribution is 2.46. The molecule has 0 aromatic rings. The molecule has 0 aliphatic heterocycles. The van der Waals surface area contributed by atoms with Gasteiger partial charge in [0.1, 0.15) is 0 Å². The molecule has 1 aliphatic rings. The summed E-state index contributed by atoms with van der Waals surface area (Å²) in [4.78, 5) is 12.0. The SMILES string of the molecule is CCCCCCCCCCCCCCCCCCCCCCCC[C@@H](C(=O)O)[C@H](O)CCCCCCCCCCCCCCC[C@@H]1C[C@@H]1CCCCCCCCCCCCCCCCCC[C@H](O)[C@@H](C)CCCCCCCCCCCCCCCCCC. The van der Waals surface area contributed by atoms with Crippen LogP contribution in [-0.4, -0.2) is 33.5 Å². The Bertz CT molecular complexity index is 1320. The zero-order chi connectivity index (χ0) is 63.4. The number of unbranched alkanes of at least 4 members (excludes halogenated alkanes) is 63. The van der Waals surface area contributed by atoms with Crippen LogP contribution in [0.15, 0.2) is 0 Å². The molecule has 1 aliphatic carbocycles. The standard InChI is InChI=1S/C84H166O4/c1-4-6-8-10-12-14-16-18-20-22-23-24-25-26-27-32-38-44-50-56-62-68-74-81(84(87)88)83(86)76-70-64-58-52-46-40-34-37-43-49-55-61-67-73-80-77-79(80)72-66-60-54-48-42-36-31-28-29-33-39-45-51-57-63-69-75-82(85)78(3)71-65-59-53-47-41-35-30-21-19-17-15-13-11-9-7-5-2/h78-83,85-86H,4-77H2,1-3H3,(H,87,88)/t78-,79-,80+,81+,82-,83+/m0/s1. The fourth-order valence-electron chi connectivity index (χ4n) is 15.1. The third-order valence-electron chi connectivity index (χ3n) is 21.8. The van der Waals surface area contributed by atoms with Crippen molar-refractivity contribution in [2.75, 3.05) is 0 Å². The number of rotatable bonds is 78. The summed E-state index contributed by atoms with van der Waals surface area (Å²) >= 11 is 0.